The van der Waals surface area contributed by atoms with Gasteiger partial charge in [-0.2, -0.15) is 0 Å². The molecule has 21 heavy (non-hydrogen) atoms. The van der Waals surface area contributed by atoms with Crippen LogP contribution < -0.4 is 15.4 Å². The Hall–Kier alpha value is -0.410. The Balaban J connectivity index is 0.00000400. The maximum absolute atomic E-state index is 11.6. The molecule has 0 aliphatic carbocycles. The van der Waals surface area contributed by atoms with Crippen molar-refractivity contribution in [1.82, 2.24) is 15.4 Å². The van der Waals surface area contributed by atoms with Crippen molar-refractivity contribution < 1.29 is 17.9 Å². The third kappa shape index (κ3) is 10.0. The van der Waals surface area contributed by atoms with Crippen molar-refractivity contribution in [2.24, 2.45) is 0 Å². The zero-order valence-electron chi connectivity index (χ0n) is 12.6. The summed E-state index contributed by atoms with van der Waals surface area (Å²) in [6, 6.07) is 0.301. The zero-order valence-corrected chi connectivity index (χ0v) is 14.2. The van der Waals surface area contributed by atoms with E-state index in [0.29, 0.717) is 12.6 Å². The number of carbonyl (C=O) groups is 1. The summed E-state index contributed by atoms with van der Waals surface area (Å²) in [6.07, 6.45) is 2.15. The monoisotopic (exact) mass is 343 g/mol. The van der Waals surface area contributed by atoms with Crippen molar-refractivity contribution in [3.8, 4) is 0 Å². The van der Waals surface area contributed by atoms with Gasteiger partial charge >= 0.3 is 0 Å². The van der Waals surface area contributed by atoms with E-state index < -0.39 is 10.0 Å². The third-order valence-corrected chi connectivity index (χ3v) is 4.25. The van der Waals surface area contributed by atoms with Gasteiger partial charge in [-0.1, -0.05) is 0 Å². The molecule has 0 aromatic carbocycles. The fourth-order valence-electron chi connectivity index (χ4n) is 1.87. The first-order chi connectivity index (χ1) is 9.39. The lowest BCUT2D eigenvalue weighted by Crippen LogP contribution is -2.42. The van der Waals surface area contributed by atoms with Crippen LogP contribution >= 0.6 is 12.4 Å². The number of amides is 1. The average Bonchev–Trinajstić information content (AvgIpc) is 2.86. The highest BCUT2D eigenvalue weighted by molar-refractivity contribution is 7.89. The van der Waals surface area contributed by atoms with E-state index in [1.54, 1.807) is 0 Å². The molecule has 3 N–H and O–H groups in total. The van der Waals surface area contributed by atoms with Gasteiger partial charge in [-0.15, -0.1) is 12.4 Å². The van der Waals surface area contributed by atoms with Gasteiger partial charge in [-0.25, -0.2) is 13.1 Å². The molecule has 1 heterocycles. The lowest BCUT2D eigenvalue weighted by atomic mass is 10.2. The Morgan fingerprint density at radius 2 is 2.14 bits per heavy atom. The first-order valence-electron chi connectivity index (χ1n) is 6.98. The molecule has 1 aliphatic heterocycles. The molecule has 1 amide bonds. The van der Waals surface area contributed by atoms with Gasteiger partial charge in [0.05, 0.1) is 25.0 Å². The second-order valence-corrected chi connectivity index (χ2v) is 7.08. The Morgan fingerprint density at radius 1 is 1.43 bits per heavy atom. The topological polar surface area (TPSA) is 96.5 Å². The third-order valence-electron chi connectivity index (χ3n) is 2.96. The molecular weight excluding hydrogens is 318 g/mol. The fraction of sp³-hybridized carbons (Fsp3) is 0.917. The van der Waals surface area contributed by atoms with Crippen LogP contribution in [0.15, 0.2) is 0 Å². The van der Waals surface area contributed by atoms with Crippen LogP contribution in [-0.4, -0.2) is 58.5 Å². The molecule has 1 unspecified atom stereocenters. The van der Waals surface area contributed by atoms with Crippen LogP contribution in [-0.2, 0) is 19.6 Å². The van der Waals surface area contributed by atoms with E-state index in [0.717, 1.165) is 19.4 Å². The van der Waals surface area contributed by atoms with Crippen LogP contribution in [0, 0.1) is 0 Å². The lowest BCUT2D eigenvalue weighted by molar-refractivity contribution is -0.120. The predicted molar refractivity (Wildman–Crippen MR) is 84.2 cm³/mol. The van der Waals surface area contributed by atoms with E-state index in [1.807, 2.05) is 13.8 Å². The van der Waals surface area contributed by atoms with E-state index in [4.69, 9.17) is 4.74 Å². The molecule has 0 saturated carbocycles. The minimum atomic E-state index is -3.46. The summed E-state index contributed by atoms with van der Waals surface area (Å²) in [5.41, 5.74) is 0. The van der Waals surface area contributed by atoms with E-state index in [1.165, 1.54) is 0 Å². The van der Waals surface area contributed by atoms with Gasteiger partial charge in [0.25, 0.3) is 0 Å². The average molecular weight is 344 g/mol. The largest absolute Gasteiger partial charge is 0.378 e. The molecule has 1 rings (SSSR count). The molecule has 126 valence electrons. The fourth-order valence-corrected chi connectivity index (χ4v) is 2.68. The first-order valence-corrected chi connectivity index (χ1v) is 8.63. The number of carbonyl (C=O) groups excluding carboxylic acids is 1. The number of rotatable bonds is 9. The van der Waals surface area contributed by atoms with Gasteiger partial charge in [0, 0.05) is 12.6 Å². The van der Waals surface area contributed by atoms with Crippen LogP contribution in [0.3, 0.4) is 0 Å². The van der Waals surface area contributed by atoms with Crippen molar-refractivity contribution in [3.63, 3.8) is 0 Å². The summed E-state index contributed by atoms with van der Waals surface area (Å²) >= 11 is 0. The molecule has 1 aliphatic rings. The molecular formula is C12H26ClN3O4S. The van der Waals surface area contributed by atoms with E-state index in [-0.39, 0.29) is 43.3 Å². The number of halogens is 1. The highest BCUT2D eigenvalue weighted by Gasteiger charge is 2.16. The van der Waals surface area contributed by atoms with Crippen LogP contribution in [0.1, 0.15) is 26.7 Å². The molecule has 1 fully saturated rings. The Bertz CT molecular complexity index is 397. The van der Waals surface area contributed by atoms with Gasteiger partial charge in [-0.05, 0) is 33.2 Å². The minimum absolute atomic E-state index is 0. The zero-order chi connectivity index (χ0) is 15.0. The van der Waals surface area contributed by atoms with E-state index in [2.05, 4.69) is 15.4 Å². The van der Waals surface area contributed by atoms with Crippen molar-refractivity contribution in [2.75, 3.05) is 32.0 Å². The summed E-state index contributed by atoms with van der Waals surface area (Å²) in [4.78, 5) is 11.5. The van der Waals surface area contributed by atoms with E-state index in [9.17, 15) is 13.2 Å². The highest BCUT2D eigenvalue weighted by atomic mass is 35.5. The quantitative estimate of drug-likeness (QED) is 0.530. The molecule has 1 saturated heterocycles. The highest BCUT2D eigenvalue weighted by Crippen LogP contribution is 2.02. The summed E-state index contributed by atoms with van der Waals surface area (Å²) < 4.78 is 30.6. The summed E-state index contributed by atoms with van der Waals surface area (Å²) in [5.74, 6) is -0.449. The molecule has 0 aromatic rings. The number of ether oxygens (including phenoxy) is 1. The molecule has 0 aromatic heterocycles. The van der Waals surface area contributed by atoms with Crippen LogP contribution in [0.25, 0.3) is 0 Å². The predicted octanol–water partition coefficient (Wildman–Crippen LogP) is -0.379. The van der Waals surface area contributed by atoms with Gasteiger partial charge in [0.15, 0.2) is 0 Å². The second kappa shape index (κ2) is 10.3. The first kappa shape index (κ1) is 20.6. The number of hydrogen-bond donors (Lipinski definition) is 3. The van der Waals surface area contributed by atoms with E-state index >= 15 is 0 Å². The SMILES string of the molecule is CC(C)OCCS(=O)(=O)NCC(=O)NCC1CCCN1.Cl. The maximum Gasteiger partial charge on any atom is 0.235 e. The summed E-state index contributed by atoms with van der Waals surface area (Å²) in [6.45, 7) is 5.09. The number of sulfonamides is 1. The summed E-state index contributed by atoms with van der Waals surface area (Å²) in [5, 5.41) is 5.96. The van der Waals surface area contributed by atoms with Gasteiger partial charge in [-0.3, -0.25) is 4.79 Å². The maximum atomic E-state index is 11.6. The van der Waals surface area contributed by atoms with Crippen molar-refractivity contribution in [3.05, 3.63) is 0 Å². The van der Waals surface area contributed by atoms with Crippen molar-refractivity contribution in [2.45, 2.75) is 38.8 Å². The Kier molecular flexibility index (Phi) is 10.1. The molecule has 0 spiro atoms. The standard InChI is InChI=1S/C12H25N3O4S.ClH/c1-10(2)19-6-7-20(17,18)15-9-12(16)14-8-11-4-3-5-13-11;/h10-11,13,15H,3-9H2,1-2H3,(H,14,16);1H. The number of hydrogen-bond acceptors (Lipinski definition) is 5. The van der Waals surface area contributed by atoms with Crippen molar-refractivity contribution in [1.29, 1.82) is 0 Å². The lowest BCUT2D eigenvalue weighted by Gasteiger charge is -2.12. The summed E-state index contributed by atoms with van der Waals surface area (Å²) in [7, 11) is -3.46. The Morgan fingerprint density at radius 3 is 2.71 bits per heavy atom. The van der Waals surface area contributed by atoms with Crippen LogP contribution in [0.2, 0.25) is 0 Å². The van der Waals surface area contributed by atoms with Gasteiger partial charge in [0.1, 0.15) is 0 Å². The normalized spacial score (nSPS) is 18.5. The van der Waals surface area contributed by atoms with Gasteiger partial charge in [0.2, 0.25) is 15.9 Å². The molecule has 7 nitrogen and oxygen atoms in total. The smallest absolute Gasteiger partial charge is 0.235 e. The molecule has 0 bridgehead atoms. The van der Waals surface area contributed by atoms with Crippen LogP contribution in [0.5, 0.6) is 0 Å². The van der Waals surface area contributed by atoms with Gasteiger partial charge < -0.3 is 15.4 Å². The minimum Gasteiger partial charge on any atom is -0.378 e. The molecule has 1 atom stereocenters. The Labute approximate surface area is 133 Å². The molecule has 0 radical (unpaired) electrons. The van der Waals surface area contributed by atoms with Crippen molar-refractivity contribution >= 4 is 28.3 Å². The number of nitrogens with one attached hydrogen (secondary N) is 3. The second-order valence-electron chi connectivity index (χ2n) is 5.16. The van der Waals surface area contributed by atoms with Crippen LogP contribution in [0.4, 0.5) is 0 Å². The molecule has 9 heteroatoms.